The summed E-state index contributed by atoms with van der Waals surface area (Å²) in [6, 6.07) is 0. The van der Waals surface area contributed by atoms with Gasteiger partial charge >= 0.3 is 0 Å². The summed E-state index contributed by atoms with van der Waals surface area (Å²) in [6.07, 6.45) is 7.14. The molecule has 0 aliphatic carbocycles. The highest BCUT2D eigenvalue weighted by Gasteiger charge is 1.69. The van der Waals surface area contributed by atoms with E-state index in [2.05, 4.69) is 11.6 Å². The zero-order valence-corrected chi connectivity index (χ0v) is 5.91. The largest absolute Gasteiger partial charge is 0.341 e. The Balaban J connectivity index is 0.000000187. The molecule has 1 aromatic heterocycles. The van der Waals surface area contributed by atoms with Gasteiger partial charge in [0.2, 0.25) is 0 Å². The Kier molecular flexibility index (Phi) is 4.50. The van der Waals surface area contributed by atoms with Gasteiger partial charge in [-0.15, -0.1) is 6.58 Å². The Morgan fingerprint density at radius 3 is 2.33 bits per heavy atom. The van der Waals surface area contributed by atoms with Gasteiger partial charge in [0.1, 0.15) is 0 Å². The molecule has 2 heteroatoms. The van der Waals surface area contributed by atoms with Crippen molar-refractivity contribution in [3.05, 3.63) is 31.4 Å². The second-order valence-corrected chi connectivity index (χ2v) is 1.64. The Morgan fingerprint density at radius 1 is 1.67 bits per heavy atom. The first-order chi connectivity index (χ1) is 4.31. The first-order valence-electron chi connectivity index (χ1n) is 2.80. The van der Waals surface area contributed by atoms with Crippen LogP contribution in [0.5, 0.6) is 0 Å². The third-order valence-electron chi connectivity index (χ3n) is 0.637. The number of aryl methyl sites for hydroxylation is 1. The van der Waals surface area contributed by atoms with E-state index in [1.165, 1.54) is 0 Å². The standard InChI is InChI=1S/C4H6N2.C3H6/c1-6-3-2-5-4-6;1-3-2/h2-4H,1H3;3H,1H2,2H3. The second kappa shape index (κ2) is 5.09. The molecule has 0 unspecified atom stereocenters. The van der Waals surface area contributed by atoms with Crippen molar-refractivity contribution in [2.24, 2.45) is 7.05 Å². The van der Waals surface area contributed by atoms with Gasteiger partial charge in [-0.05, 0) is 6.92 Å². The summed E-state index contributed by atoms with van der Waals surface area (Å²) in [4.78, 5) is 3.78. The average Bonchev–Trinajstić information content (AvgIpc) is 2.20. The molecule has 1 heterocycles. The highest BCUT2D eigenvalue weighted by atomic mass is 15.0. The molecule has 1 aromatic rings. The van der Waals surface area contributed by atoms with E-state index in [4.69, 9.17) is 0 Å². The first-order valence-corrected chi connectivity index (χ1v) is 2.80. The lowest BCUT2D eigenvalue weighted by Gasteiger charge is -1.76. The summed E-state index contributed by atoms with van der Waals surface area (Å²) < 4.78 is 1.89. The Labute approximate surface area is 55.8 Å². The summed E-state index contributed by atoms with van der Waals surface area (Å²) in [5.74, 6) is 0. The second-order valence-electron chi connectivity index (χ2n) is 1.64. The lowest BCUT2D eigenvalue weighted by molar-refractivity contribution is 0.913. The van der Waals surface area contributed by atoms with Crippen LogP contribution in [0, 0.1) is 0 Å². The quantitative estimate of drug-likeness (QED) is 0.480. The smallest absolute Gasteiger partial charge is 0.0943 e. The fourth-order valence-electron chi connectivity index (χ4n) is 0.326. The van der Waals surface area contributed by atoms with Crippen LogP contribution in [0.3, 0.4) is 0 Å². The van der Waals surface area contributed by atoms with E-state index < -0.39 is 0 Å². The van der Waals surface area contributed by atoms with E-state index in [9.17, 15) is 0 Å². The van der Waals surface area contributed by atoms with Gasteiger partial charge in [-0.25, -0.2) is 4.98 Å². The van der Waals surface area contributed by atoms with Crippen molar-refractivity contribution in [1.82, 2.24) is 9.55 Å². The molecule has 9 heavy (non-hydrogen) atoms. The fourth-order valence-corrected chi connectivity index (χ4v) is 0.326. The SMILES string of the molecule is C=CC.Cn1ccnc1. The lowest BCUT2D eigenvalue weighted by Crippen LogP contribution is -1.76. The van der Waals surface area contributed by atoms with Crippen LogP contribution in [0.25, 0.3) is 0 Å². The van der Waals surface area contributed by atoms with Crippen LogP contribution in [0.15, 0.2) is 31.4 Å². The maximum Gasteiger partial charge on any atom is 0.0943 e. The molecule has 0 bridgehead atoms. The van der Waals surface area contributed by atoms with Crippen molar-refractivity contribution in [3.63, 3.8) is 0 Å². The van der Waals surface area contributed by atoms with Gasteiger partial charge in [0.05, 0.1) is 6.33 Å². The maximum absolute atomic E-state index is 3.78. The summed E-state index contributed by atoms with van der Waals surface area (Å²) in [5.41, 5.74) is 0. The summed E-state index contributed by atoms with van der Waals surface area (Å²) >= 11 is 0. The normalized spacial score (nSPS) is 7.33. The van der Waals surface area contributed by atoms with Crippen molar-refractivity contribution in [1.29, 1.82) is 0 Å². The number of allylic oxidation sites excluding steroid dienone is 1. The van der Waals surface area contributed by atoms with E-state index in [1.807, 2.05) is 24.7 Å². The number of rotatable bonds is 0. The third kappa shape index (κ3) is 4.81. The van der Waals surface area contributed by atoms with Crippen LogP contribution in [-0.4, -0.2) is 9.55 Å². The number of aromatic nitrogens is 2. The molecule has 1 rings (SSSR count). The van der Waals surface area contributed by atoms with Crippen LogP contribution in [-0.2, 0) is 7.05 Å². The molecule has 0 fully saturated rings. The van der Waals surface area contributed by atoms with Gasteiger partial charge in [-0.1, -0.05) is 6.08 Å². The molecule has 0 aliphatic heterocycles. The minimum Gasteiger partial charge on any atom is -0.341 e. The molecule has 0 saturated heterocycles. The molecule has 2 nitrogen and oxygen atoms in total. The van der Waals surface area contributed by atoms with E-state index in [1.54, 1.807) is 18.6 Å². The summed E-state index contributed by atoms with van der Waals surface area (Å²) in [7, 11) is 1.94. The van der Waals surface area contributed by atoms with E-state index in [-0.39, 0.29) is 0 Å². The Hall–Kier alpha value is -1.05. The highest BCUT2D eigenvalue weighted by molar-refractivity contribution is 4.70. The predicted octanol–water partition coefficient (Wildman–Crippen LogP) is 1.61. The molecule has 0 aromatic carbocycles. The van der Waals surface area contributed by atoms with Crippen molar-refractivity contribution in [2.75, 3.05) is 0 Å². The minimum atomic E-state index is 1.75. The minimum absolute atomic E-state index is 1.75. The highest BCUT2D eigenvalue weighted by Crippen LogP contribution is 1.73. The summed E-state index contributed by atoms with van der Waals surface area (Å²) in [5, 5.41) is 0. The predicted molar refractivity (Wildman–Crippen MR) is 39.1 cm³/mol. The van der Waals surface area contributed by atoms with Crippen molar-refractivity contribution in [2.45, 2.75) is 6.92 Å². The van der Waals surface area contributed by atoms with Gasteiger partial charge in [0, 0.05) is 19.4 Å². The van der Waals surface area contributed by atoms with Crippen LogP contribution >= 0.6 is 0 Å². The molecule has 0 N–H and O–H groups in total. The lowest BCUT2D eigenvalue weighted by atomic mass is 10.8. The van der Waals surface area contributed by atoms with Gasteiger partial charge in [0.15, 0.2) is 0 Å². The molecule has 50 valence electrons. The monoisotopic (exact) mass is 124 g/mol. The summed E-state index contributed by atoms with van der Waals surface area (Å²) in [6.45, 7) is 5.25. The van der Waals surface area contributed by atoms with Crippen LogP contribution in [0.2, 0.25) is 0 Å². The zero-order chi connectivity index (χ0) is 7.11. The number of hydrogen-bond donors (Lipinski definition) is 0. The molecule has 0 spiro atoms. The van der Waals surface area contributed by atoms with E-state index >= 15 is 0 Å². The van der Waals surface area contributed by atoms with Crippen LogP contribution in [0.1, 0.15) is 6.92 Å². The van der Waals surface area contributed by atoms with Crippen molar-refractivity contribution >= 4 is 0 Å². The molecular formula is C7H12N2. The van der Waals surface area contributed by atoms with Crippen LogP contribution < -0.4 is 0 Å². The number of imidazole rings is 1. The number of nitrogens with zero attached hydrogens (tertiary/aromatic N) is 2. The molecular weight excluding hydrogens is 112 g/mol. The average molecular weight is 124 g/mol. The molecule has 0 radical (unpaired) electrons. The van der Waals surface area contributed by atoms with Gasteiger partial charge in [-0.3, -0.25) is 0 Å². The first kappa shape index (κ1) is 7.95. The van der Waals surface area contributed by atoms with E-state index in [0.29, 0.717) is 0 Å². The Bertz CT molecular complexity index is 142. The number of hydrogen-bond acceptors (Lipinski definition) is 1. The van der Waals surface area contributed by atoms with Gasteiger partial charge < -0.3 is 4.57 Å². The fraction of sp³-hybridized carbons (Fsp3) is 0.286. The van der Waals surface area contributed by atoms with Gasteiger partial charge in [0.25, 0.3) is 0 Å². The van der Waals surface area contributed by atoms with Crippen LogP contribution in [0.4, 0.5) is 0 Å². The molecule has 0 amide bonds. The Morgan fingerprint density at radius 2 is 2.22 bits per heavy atom. The molecule has 0 saturated carbocycles. The van der Waals surface area contributed by atoms with Gasteiger partial charge in [-0.2, -0.15) is 0 Å². The molecule has 0 aliphatic rings. The molecule has 0 atom stereocenters. The topological polar surface area (TPSA) is 17.8 Å². The maximum atomic E-state index is 3.78. The van der Waals surface area contributed by atoms with Crippen molar-refractivity contribution in [3.8, 4) is 0 Å². The third-order valence-corrected chi connectivity index (χ3v) is 0.637. The zero-order valence-electron chi connectivity index (χ0n) is 5.91. The van der Waals surface area contributed by atoms with E-state index in [0.717, 1.165) is 0 Å². The van der Waals surface area contributed by atoms with Crippen molar-refractivity contribution < 1.29 is 0 Å².